The third-order valence-corrected chi connectivity index (χ3v) is 5.41. The van der Waals surface area contributed by atoms with Gasteiger partial charge in [0.2, 0.25) is 5.91 Å². The number of aromatic nitrogens is 3. The van der Waals surface area contributed by atoms with Crippen LogP contribution in [0.15, 0.2) is 36.8 Å². The van der Waals surface area contributed by atoms with E-state index >= 15 is 0 Å². The molecule has 30 heavy (non-hydrogen) atoms. The van der Waals surface area contributed by atoms with Crippen LogP contribution >= 0.6 is 0 Å². The molecule has 0 saturated heterocycles. The van der Waals surface area contributed by atoms with Crippen LogP contribution < -0.4 is 15.4 Å². The third kappa shape index (κ3) is 4.27. The fraction of sp³-hybridized carbons (Fsp3) is 0.364. The fourth-order valence-corrected chi connectivity index (χ4v) is 3.94. The minimum absolute atomic E-state index is 0.0159. The first-order chi connectivity index (χ1) is 14.7. The Bertz CT molecular complexity index is 1050. The van der Waals surface area contributed by atoms with Gasteiger partial charge in [-0.15, -0.1) is 0 Å². The molecule has 8 nitrogen and oxygen atoms in total. The van der Waals surface area contributed by atoms with E-state index in [1.165, 1.54) is 24.2 Å². The van der Waals surface area contributed by atoms with Crippen molar-refractivity contribution in [3.05, 3.63) is 53.7 Å². The molecule has 0 aliphatic heterocycles. The number of aryl methyl sites for hydroxylation is 1. The first kappa shape index (κ1) is 19.9. The van der Waals surface area contributed by atoms with Gasteiger partial charge in [0.1, 0.15) is 11.4 Å². The summed E-state index contributed by atoms with van der Waals surface area (Å²) in [5.74, 6) is 0.533. The molecule has 4 rings (SSSR count). The third-order valence-electron chi connectivity index (χ3n) is 5.41. The van der Waals surface area contributed by atoms with E-state index in [1.807, 2.05) is 12.1 Å². The highest BCUT2D eigenvalue weighted by Crippen LogP contribution is 2.36. The van der Waals surface area contributed by atoms with Crippen LogP contribution in [-0.2, 0) is 11.2 Å². The zero-order chi connectivity index (χ0) is 20.9. The second-order valence-electron chi connectivity index (χ2n) is 7.39. The SMILES string of the molecule is COc1ccc2[nH]c3c(c2c1)CCC[C@H]3NC(=O)CCCNC(=O)c1cnccn1. The van der Waals surface area contributed by atoms with Crippen LogP contribution in [0.25, 0.3) is 10.9 Å². The molecule has 0 spiro atoms. The lowest BCUT2D eigenvalue weighted by atomic mass is 9.91. The highest BCUT2D eigenvalue weighted by molar-refractivity contribution is 5.91. The zero-order valence-corrected chi connectivity index (χ0v) is 16.9. The van der Waals surface area contributed by atoms with Crippen molar-refractivity contribution in [2.45, 2.75) is 38.1 Å². The van der Waals surface area contributed by atoms with E-state index in [2.05, 4.69) is 31.7 Å². The van der Waals surface area contributed by atoms with Crippen LogP contribution in [-0.4, -0.2) is 40.4 Å². The molecule has 8 heteroatoms. The van der Waals surface area contributed by atoms with Gasteiger partial charge in [-0.1, -0.05) is 0 Å². The van der Waals surface area contributed by atoms with Crippen LogP contribution in [0.2, 0.25) is 0 Å². The van der Waals surface area contributed by atoms with Gasteiger partial charge < -0.3 is 20.4 Å². The van der Waals surface area contributed by atoms with Crippen LogP contribution in [0.5, 0.6) is 5.75 Å². The van der Waals surface area contributed by atoms with E-state index in [1.54, 1.807) is 7.11 Å². The number of benzene rings is 1. The minimum Gasteiger partial charge on any atom is -0.497 e. The smallest absolute Gasteiger partial charge is 0.271 e. The number of rotatable bonds is 7. The lowest BCUT2D eigenvalue weighted by Gasteiger charge is -2.24. The highest BCUT2D eigenvalue weighted by Gasteiger charge is 2.25. The predicted molar refractivity (Wildman–Crippen MR) is 112 cm³/mol. The molecule has 0 unspecified atom stereocenters. The zero-order valence-electron chi connectivity index (χ0n) is 16.9. The van der Waals surface area contributed by atoms with Gasteiger partial charge in [-0.2, -0.15) is 0 Å². The number of carbonyl (C=O) groups excluding carboxylic acids is 2. The number of amides is 2. The number of methoxy groups -OCH3 is 1. The molecular weight excluding hydrogens is 382 g/mol. The fourth-order valence-electron chi connectivity index (χ4n) is 3.94. The summed E-state index contributed by atoms with van der Waals surface area (Å²) in [6.07, 6.45) is 8.23. The molecule has 0 bridgehead atoms. The van der Waals surface area contributed by atoms with Gasteiger partial charge in [0.05, 0.1) is 19.3 Å². The Labute approximate surface area is 174 Å². The number of nitrogens with zero attached hydrogens (tertiary/aromatic N) is 2. The molecule has 2 heterocycles. The topological polar surface area (TPSA) is 109 Å². The molecule has 1 aliphatic carbocycles. The number of H-pyrrole nitrogens is 1. The number of nitrogens with one attached hydrogen (secondary N) is 3. The second-order valence-corrected chi connectivity index (χ2v) is 7.39. The summed E-state index contributed by atoms with van der Waals surface area (Å²) in [4.78, 5) is 35.7. The van der Waals surface area contributed by atoms with Crippen molar-refractivity contribution in [2.75, 3.05) is 13.7 Å². The lowest BCUT2D eigenvalue weighted by molar-refractivity contribution is -0.122. The van der Waals surface area contributed by atoms with Gasteiger partial charge in [0, 0.05) is 42.0 Å². The maximum Gasteiger partial charge on any atom is 0.271 e. The van der Waals surface area contributed by atoms with E-state index in [0.717, 1.165) is 41.6 Å². The summed E-state index contributed by atoms with van der Waals surface area (Å²) < 4.78 is 5.35. The molecule has 2 amide bonds. The molecule has 1 aliphatic rings. The number of ether oxygens (including phenoxy) is 1. The van der Waals surface area contributed by atoms with Gasteiger partial charge in [-0.25, -0.2) is 4.98 Å². The normalized spacial score (nSPS) is 15.4. The van der Waals surface area contributed by atoms with Crippen LogP contribution in [0.1, 0.15) is 53.5 Å². The molecule has 3 aromatic rings. The van der Waals surface area contributed by atoms with Crippen molar-refractivity contribution in [3.8, 4) is 5.75 Å². The van der Waals surface area contributed by atoms with Crippen molar-refractivity contribution >= 4 is 22.7 Å². The molecule has 1 atom stereocenters. The van der Waals surface area contributed by atoms with Crippen molar-refractivity contribution in [3.63, 3.8) is 0 Å². The molecule has 0 saturated carbocycles. The van der Waals surface area contributed by atoms with Gasteiger partial charge in [0.15, 0.2) is 0 Å². The van der Waals surface area contributed by atoms with Gasteiger partial charge in [-0.05, 0) is 49.4 Å². The molecule has 0 radical (unpaired) electrons. The summed E-state index contributed by atoms with van der Waals surface area (Å²) in [6, 6.07) is 5.99. The minimum atomic E-state index is -0.283. The van der Waals surface area contributed by atoms with E-state index in [-0.39, 0.29) is 23.6 Å². The largest absolute Gasteiger partial charge is 0.497 e. The lowest BCUT2D eigenvalue weighted by Crippen LogP contribution is -2.32. The van der Waals surface area contributed by atoms with E-state index in [9.17, 15) is 9.59 Å². The summed E-state index contributed by atoms with van der Waals surface area (Å²) >= 11 is 0. The predicted octanol–water partition coefficient (Wildman–Crippen LogP) is 2.67. The molecular formula is C22H25N5O3. The monoisotopic (exact) mass is 407 g/mol. The van der Waals surface area contributed by atoms with Gasteiger partial charge in [-0.3, -0.25) is 14.6 Å². The number of hydrogen-bond acceptors (Lipinski definition) is 5. The Morgan fingerprint density at radius 3 is 3.00 bits per heavy atom. The maximum absolute atomic E-state index is 12.5. The van der Waals surface area contributed by atoms with E-state index < -0.39 is 0 Å². The average molecular weight is 407 g/mol. The Morgan fingerprint density at radius 2 is 2.20 bits per heavy atom. The van der Waals surface area contributed by atoms with Crippen LogP contribution in [0.4, 0.5) is 0 Å². The average Bonchev–Trinajstić information content (AvgIpc) is 3.16. The summed E-state index contributed by atoms with van der Waals surface area (Å²) in [5.41, 5.74) is 3.69. The Hall–Kier alpha value is -3.42. The maximum atomic E-state index is 12.5. The molecule has 3 N–H and O–H groups in total. The summed E-state index contributed by atoms with van der Waals surface area (Å²) in [5, 5.41) is 7.07. The molecule has 156 valence electrons. The van der Waals surface area contributed by atoms with Crippen molar-refractivity contribution in [1.29, 1.82) is 0 Å². The van der Waals surface area contributed by atoms with E-state index in [0.29, 0.717) is 19.4 Å². The van der Waals surface area contributed by atoms with Crippen molar-refractivity contribution < 1.29 is 14.3 Å². The first-order valence-electron chi connectivity index (χ1n) is 10.2. The van der Waals surface area contributed by atoms with Crippen LogP contribution in [0, 0.1) is 0 Å². The first-order valence-corrected chi connectivity index (χ1v) is 10.2. The second kappa shape index (κ2) is 8.94. The Kier molecular flexibility index (Phi) is 5.92. The van der Waals surface area contributed by atoms with Crippen molar-refractivity contribution in [2.24, 2.45) is 0 Å². The quantitative estimate of drug-likeness (QED) is 0.522. The summed E-state index contributed by atoms with van der Waals surface area (Å²) in [7, 11) is 1.67. The summed E-state index contributed by atoms with van der Waals surface area (Å²) in [6.45, 7) is 0.408. The Morgan fingerprint density at radius 1 is 1.30 bits per heavy atom. The van der Waals surface area contributed by atoms with Gasteiger partial charge in [0.25, 0.3) is 5.91 Å². The number of carbonyl (C=O) groups is 2. The van der Waals surface area contributed by atoms with Gasteiger partial charge >= 0.3 is 0 Å². The van der Waals surface area contributed by atoms with E-state index in [4.69, 9.17) is 4.74 Å². The number of hydrogen-bond donors (Lipinski definition) is 3. The highest BCUT2D eigenvalue weighted by atomic mass is 16.5. The number of fused-ring (bicyclic) bond motifs is 3. The number of aromatic amines is 1. The van der Waals surface area contributed by atoms with Crippen LogP contribution in [0.3, 0.4) is 0 Å². The Balaban J connectivity index is 1.32. The molecule has 1 aromatic carbocycles. The molecule has 2 aromatic heterocycles. The molecule has 0 fully saturated rings. The standard InChI is InChI=1S/C22H25N5O3/c1-30-14-7-8-17-16(12-14)15-4-2-5-18(21(15)27-17)26-20(28)6-3-9-25-22(29)19-13-23-10-11-24-19/h7-8,10-13,18,27H,2-6,9H2,1H3,(H,25,29)(H,26,28)/t18-/m1/s1. The van der Waals surface area contributed by atoms with Crippen molar-refractivity contribution in [1.82, 2.24) is 25.6 Å².